The molecule has 2 aromatic carbocycles. The molecule has 20 heavy (non-hydrogen) atoms. The van der Waals surface area contributed by atoms with Crippen LogP contribution in [0.3, 0.4) is 0 Å². The normalized spacial score (nSPS) is 10.2. The number of halogens is 2. The van der Waals surface area contributed by atoms with Crippen LogP contribution in [0.15, 0.2) is 45.3 Å². The van der Waals surface area contributed by atoms with Crippen LogP contribution in [-0.4, -0.2) is 12.1 Å². The van der Waals surface area contributed by atoms with Crippen LogP contribution in [0.5, 0.6) is 5.75 Å². The Morgan fingerprint density at radius 1 is 1.10 bits per heavy atom. The number of ether oxygens (including phenoxy) is 1. The molecule has 0 atom stereocenters. The highest BCUT2D eigenvalue weighted by Gasteiger charge is 2.09. The van der Waals surface area contributed by atoms with Crippen molar-refractivity contribution in [1.29, 1.82) is 0 Å². The van der Waals surface area contributed by atoms with Crippen LogP contribution in [0.1, 0.15) is 5.56 Å². The summed E-state index contributed by atoms with van der Waals surface area (Å²) in [6.45, 7) is 0. The zero-order valence-electron chi connectivity index (χ0n) is 10.6. The molecule has 0 bridgehead atoms. The summed E-state index contributed by atoms with van der Waals surface area (Å²) in [5.74, 6) is 0.738. The van der Waals surface area contributed by atoms with E-state index in [1.54, 1.807) is 7.11 Å². The molecule has 0 aliphatic rings. The summed E-state index contributed by atoms with van der Waals surface area (Å²) >= 11 is 12.0. The monoisotopic (exact) mass is 414 g/mol. The van der Waals surface area contributed by atoms with Gasteiger partial charge in [0.1, 0.15) is 10.7 Å². The molecular weight excluding hydrogens is 404 g/mol. The van der Waals surface area contributed by atoms with E-state index in [0.717, 1.165) is 31.6 Å². The Labute approximate surface area is 139 Å². The Morgan fingerprint density at radius 3 is 2.30 bits per heavy atom. The Kier molecular flexibility index (Phi) is 5.01. The molecule has 0 aliphatic heterocycles. The molecule has 0 radical (unpaired) electrons. The van der Waals surface area contributed by atoms with E-state index in [-0.39, 0.29) is 0 Å². The average Bonchev–Trinajstić information content (AvgIpc) is 2.38. The van der Waals surface area contributed by atoms with E-state index in [1.165, 1.54) is 0 Å². The number of hydrogen-bond acceptors (Lipinski definition) is 3. The first-order valence-electron chi connectivity index (χ1n) is 5.71. The molecule has 0 fully saturated rings. The number of thiocarbonyl (C=S) groups is 1. The quantitative estimate of drug-likeness (QED) is 0.716. The molecule has 6 heteroatoms. The van der Waals surface area contributed by atoms with Crippen LogP contribution < -0.4 is 15.8 Å². The van der Waals surface area contributed by atoms with Gasteiger partial charge >= 0.3 is 0 Å². The Morgan fingerprint density at radius 2 is 1.70 bits per heavy atom. The molecule has 2 rings (SSSR count). The van der Waals surface area contributed by atoms with Gasteiger partial charge in [0.15, 0.2) is 0 Å². The molecule has 2 aromatic rings. The van der Waals surface area contributed by atoms with E-state index in [1.807, 2.05) is 36.4 Å². The molecule has 0 amide bonds. The van der Waals surface area contributed by atoms with Crippen LogP contribution in [-0.2, 0) is 0 Å². The maximum Gasteiger partial charge on any atom is 0.142 e. The second-order valence-electron chi connectivity index (χ2n) is 4.02. The second kappa shape index (κ2) is 6.56. The molecular formula is C14H12Br2N2OS. The van der Waals surface area contributed by atoms with Crippen LogP contribution in [0, 0.1) is 0 Å². The van der Waals surface area contributed by atoms with Crippen molar-refractivity contribution in [3.63, 3.8) is 0 Å². The summed E-state index contributed by atoms with van der Waals surface area (Å²) in [5.41, 5.74) is 8.19. The molecule has 0 saturated carbocycles. The van der Waals surface area contributed by atoms with Gasteiger partial charge in [-0.2, -0.15) is 0 Å². The van der Waals surface area contributed by atoms with Crippen molar-refractivity contribution in [2.75, 3.05) is 12.4 Å². The first kappa shape index (κ1) is 15.3. The van der Waals surface area contributed by atoms with E-state index in [2.05, 4.69) is 37.2 Å². The standard InChI is InChI=1S/C14H12Br2N2OS/c1-19-13-5-3-9(16)7-12(13)18-11-6-8(15)2-4-10(11)14(17)20/h2-7,18H,1H3,(H2,17,20). The van der Waals surface area contributed by atoms with Crippen LogP contribution in [0.2, 0.25) is 0 Å². The van der Waals surface area contributed by atoms with Gasteiger partial charge in [-0.3, -0.25) is 0 Å². The minimum atomic E-state index is 0.342. The SMILES string of the molecule is COc1ccc(Br)cc1Nc1cc(Br)ccc1C(N)=S. The summed E-state index contributed by atoms with van der Waals surface area (Å²) < 4.78 is 7.23. The first-order valence-corrected chi connectivity index (χ1v) is 7.70. The lowest BCUT2D eigenvalue weighted by atomic mass is 10.1. The molecule has 0 unspecified atom stereocenters. The fourth-order valence-corrected chi connectivity index (χ4v) is 2.66. The van der Waals surface area contributed by atoms with Gasteiger partial charge in [0.05, 0.1) is 12.8 Å². The third kappa shape index (κ3) is 3.50. The lowest BCUT2D eigenvalue weighted by Crippen LogP contribution is -2.12. The highest BCUT2D eigenvalue weighted by molar-refractivity contribution is 9.10. The van der Waals surface area contributed by atoms with Gasteiger partial charge in [-0.15, -0.1) is 0 Å². The third-order valence-electron chi connectivity index (χ3n) is 2.68. The Hall–Kier alpha value is -1.11. The highest BCUT2D eigenvalue weighted by Crippen LogP contribution is 2.32. The van der Waals surface area contributed by atoms with Gasteiger partial charge < -0.3 is 15.8 Å². The average molecular weight is 416 g/mol. The predicted molar refractivity (Wildman–Crippen MR) is 94.0 cm³/mol. The molecule has 0 aromatic heterocycles. The number of nitrogens with two attached hydrogens (primary N) is 1. The van der Waals surface area contributed by atoms with E-state index in [9.17, 15) is 0 Å². The van der Waals surface area contributed by atoms with Crippen molar-refractivity contribution in [3.8, 4) is 5.75 Å². The van der Waals surface area contributed by atoms with Gasteiger partial charge in [0.25, 0.3) is 0 Å². The predicted octanol–water partition coefficient (Wildman–Crippen LogP) is 4.60. The van der Waals surface area contributed by atoms with E-state index >= 15 is 0 Å². The largest absolute Gasteiger partial charge is 0.495 e. The van der Waals surface area contributed by atoms with Crippen LogP contribution >= 0.6 is 44.1 Å². The molecule has 0 spiro atoms. The van der Waals surface area contributed by atoms with Gasteiger partial charge in [0.2, 0.25) is 0 Å². The molecule has 3 N–H and O–H groups in total. The number of benzene rings is 2. The highest BCUT2D eigenvalue weighted by atomic mass is 79.9. The maximum atomic E-state index is 5.75. The van der Waals surface area contributed by atoms with E-state index in [0.29, 0.717) is 4.99 Å². The number of hydrogen-bond donors (Lipinski definition) is 2. The number of nitrogens with one attached hydrogen (secondary N) is 1. The van der Waals surface area contributed by atoms with Crippen molar-refractivity contribution < 1.29 is 4.74 Å². The fourth-order valence-electron chi connectivity index (χ4n) is 1.76. The number of methoxy groups -OCH3 is 1. The van der Waals surface area contributed by atoms with Gasteiger partial charge in [-0.05, 0) is 36.4 Å². The van der Waals surface area contributed by atoms with Crippen molar-refractivity contribution >= 4 is 60.4 Å². The smallest absolute Gasteiger partial charge is 0.142 e. The molecule has 0 aliphatic carbocycles. The number of rotatable bonds is 4. The maximum absolute atomic E-state index is 5.75. The zero-order valence-corrected chi connectivity index (χ0v) is 14.6. The van der Waals surface area contributed by atoms with Crippen molar-refractivity contribution in [3.05, 3.63) is 50.9 Å². The molecule has 0 heterocycles. The summed E-state index contributed by atoms with van der Waals surface area (Å²) in [6, 6.07) is 11.4. The van der Waals surface area contributed by atoms with Gasteiger partial charge in [0, 0.05) is 20.2 Å². The van der Waals surface area contributed by atoms with E-state index < -0.39 is 0 Å². The Bertz CT molecular complexity index is 662. The lowest BCUT2D eigenvalue weighted by molar-refractivity contribution is 0.417. The van der Waals surface area contributed by atoms with Crippen molar-refractivity contribution in [2.24, 2.45) is 5.73 Å². The summed E-state index contributed by atoms with van der Waals surface area (Å²) in [6.07, 6.45) is 0. The van der Waals surface area contributed by atoms with E-state index in [4.69, 9.17) is 22.7 Å². The van der Waals surface area contributed by atoms with Crippen LogP contribution in [0.4, 0.5) is 11.4 Å². The first-order chi connectivity index (χ1) is 9.51. The molecule has 3 nitrogen and oxygen atoms in total. The van der Waals surface area contributed by atoms with Gasteiger partial charge in [-0.25, -0.2) is 0 Å². The minimum Gasteiger partial charge on any atom is -0.495 e. The molecule has 104 valence electrons. The molecule has 0 saturated heterocycles. The minimum absolute atomic E-state index is 0.342. The lowest BCUT2D eigenvalue weighted by Gasteiger charge is -2.15. The second-order valence-corrected chi connectivity index (χ2v) is 6.29. The zero-order chi connectivity index (χ0) is 14.7. The summed E-state index contributed by atoms with van der Waals surface area (Å²) in [4.78, 5) is 0.342. The van der Waals surface area contributed by atoms with Crippen molar-refractivity contribution in [2.45, 2.75) is 0 Å². The topological polar surface area (TPSA) is 47.3 Å². The van der Waals surface area contributed by atoms with Gasteiger partial charge in [-0.1, -0.05) is 44.1 Å². The fraction of sp³-hybridized carbons (Fsp3) is 0.0714. The van der Waals surface area contributed by atoms with Crippen molar-refractivity contribution in [1.82, 2.24) is 0 Å². The Balaban J connectivity index is 2.46. The third-order valence-corrected chi connectivity index (χ3v) is 3.88. The number of anilines is 2. The van der Waals surface area contributed by atoms with Crippen LogP contribution in [0.25, 0.3) is 0 Å². The summed E-state index contributed by atoms with van der Waals surface area (Å²) in [7, 11) is 1.63. The summed E-state index contributed by atoms with van der Waals surface area (Å²) in [5, 5.41) is 3.30.